The van der Waals surface area contributed by atoms with Crippen LogP contribution >= 0.6 is 0 Å². The van der Waals surface area contributed by atoms with Gasteiger partial charge in [0.25, 0.3) is 11.8 Å². The Hall–Kier alpha value is -3.94. The Balaban J connectivity index is 1.62. The van der Waals surface area contributed by atoms with Crippen molar-refractivity contribution in [2.24, 2.45) is 0 Å². The molecule has 0 spiro atoms. The molecule has 0 aliphatic heterocycles. The zero-order valence-corrected chi connectivity index (χ0v) is 16.3. The molecule has 2 aromatic carbocycles. The first-order chi connectivity index (χ1) is 14.6. The molecular formula is C22H18FN3O4. The molecule has 0 aliphatic carbocycles. The van der Waals surface area contributed by atoms with Crippen LogP contribution in [0.25, 0.3) is 23.1 Å². The molecule has 0 unspecified atom stereocenters. The Morgan fingerprint density at radius 2 is 1.97 bits per heavy atom. The second-order valence-electron chi connectivity index (χ2n) is 6.43. The van der Waals surface area contributed by atoms with Crippen molar-refractivity contribution in [3.05, 3.63) is 71.7 Å². The molecule has 0 atom stereocenters. The van der Waals surface area contributed by atoms with Crippen molar-refractivity contribution in [1.29, 1.82) is 0 Å². The van der Waals surface area contributed by atoms with Crippen LogP contribution in [-0.4, -0.2) is 23.2 Å². The number of furan rings is 1. The fraction of sp³-hybridized carbons (Fsp3) is 0.136. The van der Waals surface area contributed by atoms with Gasteiger partial charge < -0.3 is 18.9 Å². The number of hydrogen-bond donors (Lipinski definition) is 1. The highest BCUT2D eigenvalue weighted by molar-refractivity contribution is 6.06. The summed E-state index contributed by atoms with van der Waals surface area (Å²) in [5.74, 6) is 0.116. The van der Waals surface area contributed by atoms with E-state index in [1.54, 1.807) is 24.3 Å². The van der Waals surface area contributed by atoms with Crippen molar-refractivity contribution < 1.29 is 22.8 Å². The van der Waals surface area contributed by atoms with Crippen LogP contribution in [-0.2, 0) is 6.42 Å². The largest absolute Gasteiger partial charge is 0.496 e. The number of aromatic nitrogens is 2. The number of carbonyl (C=O) groups is 1. The van der Waals surface area contributed by atoms with Gasteiger partial charge >= 0.3 is 0 Å². The van der Waals surface area contributed by atoms with Gasteiger partial charge in [0.15, 0.2) is 5.76 Å². The van der Waals surface area contributed by atoms with Crippen molar-refractivity contribution in [3.63, 3.8) is 0 Å². The monoisotopic (exact) mass is 407 g/mol. The number of amides is 1. The quantitative estimate of drug-likeness (QED) is 0.486. The number of benzene rings is 2. The lowest BCUT2D eigenvalue weighted by atomic mass is 10.1. The van der Waals surface area contributed by atoms with E-state index in [0.29, 0.717) is 22.6 Å². The van der Waals surface area contributed by atoms with Gasteiger partial charge in [-0.2, -0.15) is 0 Å². The number of methoxy groups -OCH3 is 1. The van der Waals surface area contributed by atoms with E-state index >= 15 is 0 Å². The van der Waals surface area contributed by atoms with E-state index in [4.69, 9.17) is 13.6 Å². The SMILES string of the molecule is CCc1ccc(OC)c(C(=O)Nc2cc(-c3nnc(-c4ccco4)o3)ccc2F)c1. The molecule has 2 aromatic heterocycles. The first-order valence-electron chi connectivity index (χ1n) is 9.24. The average molecular weight is 407 g/mol. The topological polar surface area (TPSA) is 90.4 Å². The minimum atomic E-state index is -0.594. The Labute approximate surface area is 171 Å². The fourth-order valence-corrected chi connectivity index (χ4v) is 2.94. The molecule has 0 aliphatic rings. The van der Waals surface area contributed by atoms with Gasteiger partial charge in [-0.25, -0.2) is 4.39 Å². The van der Waals surface area contributed by atoms with Crippen LogP contribution < -0.4 is 10.1 Å². The van der Waals surface area contributed by atoms with E-state index in [9.17, 15) is 9.18 Å². The van der Waals surface area contributed by atoms with E-state index < -0.39 is 11.7 Å². The number of nitrogens with zero attached hydrogens (tertiary/aromatic N) is 2. The van der Waals surface area contributed by atoms with Crippen LogP contribution in [0.15, 0.2) is 63.6 Å². The lowest BCUT2D eigenvalue weighted by Crippen LogP contribution is -2.14. The molecule has 30 heavy (non-hydrogen) atoms. The van der Waals surface area contributed by atoms with Crippen molar-refractivity contribution in [3.8, 4) is 28.9 Å². The number of nitrogens with one attached hydrogen (secondary N) is 1. The predicted octanol–water partition coefficient (Wildman–Crippen LogP) is 4.96. The highest BCUT2D eigenvalue weighted by atomic mass is 19.1. The zero-order valence-electron chi connectivity index (χ0n) is 16.3. The van der Waals surface area contributed by atoms with Crippen molar-refractivity contribution >= 4 is 11.6 Å². The molecule has 0 bridgehead atoms. The van der Waals surface area contributed by atoms with Crippen molar-refractivity contribution in [2.45, 2.75) is 13.3 Å². The molecule has 0 fully saturated rings. The standard InChI is InChI=1S/C22H18FN3O4/c1-3-13-6-9-18(28-2)15(11-13)20(27)24-17-12-14(7-8-16(17)23)21-25-26-22(30-21)19-5-4-10-29-19/h4-12H,3H2,1-2H3,(H,24,27). The molecule has 4 aromatic rings. The fourth-order valence-electron chi connectivity index (χ4n) is 2.94. The normalized spacial score (nSPS) is 10.8. The third-order valence-corrected chi connectivity index (χ3v) is 4.54. The summed E-state index contributed by atoms with van der Waals surface area (Å²) in [6.45, 7) is 1.98. The highest BCUT2D eigenvalue weighted by Gasteiger charge is 2.18. The number of hydrogen-bond acceptors (Lipinski definition) is 6. The van der Waals surface area contributed by atoms with Gasteiger partial charge in [-0.05, 0) is 54.4 Å². The van der Waals surface area contributed by atoms with Gasteiger partial charge in [0.05, 0.1) is 24.6 Å². The molecule has 7 nitrogen and oxygen atoms in total. The first kappa shape index (κ1) is 19.4. The van der Waals surface area contributed by atoms with Crippen LogP contribution in [0, 0.1) is 5.82 Å². The van der Waals surface area contributed by atoms with Crippen molar-refractivity contribution in [1.82, 2.24) is 10.2 Å². The number of aryl methyl sites for hydroxylation is 1. The van der Waals surface area contributed by atoms with Crippen LogP contribution in [0.3, 0.4) is 0 Å². The summed E-state index contributed by atoms with van der Waals surface area (Å²) in [4.78, 5) is 12.8. The lowest BCUT2D eigenvalue weighted by Gasteiger charge is -2.12. The molecule has 1 amide bonds. The summed E-state index contributed by atoms with van der Waals surface area (Å²) >= 11 is 0. The number of anilines is 1. The minimum Gasteiger partial charge on any atom is -0.496 e. The molecular weight excluding hydrogens is 389 g/mol. The van der Waals surface area contributed by atoms with Gasteiger partial charge in [0.1, 0.15) is 11.6 Å². The van der Waals surface area contributed by atoms with Gasteiger partial charge in [-0.3, -0.25) is 4.79 Å². The third kappa shape index (κ3) is 3.80. The van der Waals surface area contributed by atoms with Crippen LogP contribution in [0.4, 0.5) is 10.1 Å². The molecule has 0 saturated carbocycles. The number of ether oxygens (including phenoxy) is 1. The maximum atomic E-state index is 14.4. The number of carbonyl (C=O) groups excluding carboxylic acids is 1. The maximum Gasteiger partial charge on any atom is 0.283 e. The second kappa shape index (κ2) is 8.20. The molecule has 1 N–H and O–H groups in total. The minimum absolute atomic E-state index is 0.0146. The summed E-state index contributed by atoms with van der Waals surface area (Å²) in [7, 11) is 1.48. The van der Waals surface area contributed by atoms with Gasteiger partial charge in [-0.1, -0.05) is 13.0 Å². The average Bonchev–Trinajstić information content (AvgIpc) is 3.46. The second-order valence-corrected chi connectivity index (χ2v) is 6.43. The molecule has 0 radical (unpaired) electrons. The van der Waals surface area contributed by atoms with E-state index in [1.165, 1.54) is 31.6 Å². The Bertz CT molecular complexity index is 1190. The maximum absolute atomic E-state index is 14.4. The smallest absolute Gasteiger partial charge is 0.283 e. The Morgan fingerprint density at radius 1 is 1.13 bits per heavy atom. The number of halogens is 1. The van der Waals surface area contributed by atoms with Crippen LogP contribution in [0.1, 0.15) is 22.8 Å². The zero-order chi connectivity index (χ0) is 21.1. The van der Waals surface area contributed by atoms with E-state index in [-0.39, 0.29) is 17.5 Å². The molecule has 4 rings (SSSR count). The summed E-state index contributed by atoms with van der Waals surface area (Å²) in [5.41, 5.74) is 1.72. The molecule has 0 saturated heterocycles. The summed E-state index contributed by atoms with van der Waals surface area (Å²) in [5, 5.41) is 10.5. The summed E-state index contributed by atoms with van der Waals surface area (Å²) in [6, 6.07) is 12.9. The van der Waals surface area contributed by atoms with E-state index in [0.717, 1.165) is 12.0 Å². The van der Waals surface area contributed by atoms with E-state index in [2.05, 4.69) is 15.5 Å². The van der Waals surface area contributed by atoms with Crippen molar-refractivity contribution in [2.75, 3.05) is 12.4 Å². The lowest BCUT2D eigenvalue weighted by molar-refractivity contribution is 0.102. The first-order valence-corrected chi connectivity index (χ1v) is 9.24. The molecule has 2 heterocycles. The van der Waals surface area contributed by atoms with Gasteiger partial charge in [0.2, 0.25) is 5.89 Å². The van der Waals surface area contributed by atoms with Crippen LogP contribution in [0.5, 0.6) is 5.75 Å². The van der Waals surface area contributed by atoms with Gasteiger partial charge in [-0.15, -0.1) is 10.2 Å². The van der Waals surface area contributed by atoms with Crippen LogP contribution in [0.2, 0.25) is 0 Å². The Kier molecular flexibility index (Phi) is 5.30. The number of rotatable bonds is 6. The summed E-state index contributed by atoms with van der Waals surface area (Å²) in [6.07, 6.45) is 2.25. The Morgan fingerprint density at radius 3 is 2.70 bits per heavy atom. The molecule has 8 heteroatoms. The highest BCUT2D eigenvalue weighted by Crippen LogP contribution is 2.28. The van der Waals surface area contributed by atoms with Gasteiger partial charge in [0, 0.05) is 5.56 Å². The molecule has 152 valence electrons. The predicted molar refractivity (Wildman–Crippen MR) is 108 cm³/mol. The summed E-state index contributed by atoms with van der Waals surface area (Å²) < 4.78 is 30.5. The third-order valence-electron chi connectivity index (χ3n) is 4.54. The van der Waals surface area contributed by atoms with E-state index in [1.807, 2.05) is 13.0 Å².